The van der Waals surface area contributed by atoms with Crippen LogP contribution in [0.25, 0.3) is 11.5 Å². The van der Waals surface area contributed by atoms with Crippen LogP contribution in [-0.2, 0) is 0 Å². The zero-order valence-corrected chi connectivity index (χ0v) is 9.57. The average Bonchev–Trinajstić information content (AvgIpc) is 2.81. The third-order valence-electron chi connectivity index (χ3n) is 2.00. The molecule has 0 amide bonds. The van der Waals surface area contributed by atoms with E-state index < -0.39 is 0 Å². The van der Waals surface area contributed by atoms with Gasteiger partial charge in [-0.2, -0.15) is 4.98 Å². The molecule has 0 fully saturated rings. The Morgan fingerprint density at radius 2 is 2.31 bits per heavy atom. The molecule has 4 nitrogen and oxygen atoms in total. The molecule has 0 atom stereocenters. The highest BCUT2D eigenvalue weighted by Gasteiger charge is 2.07. The number of rotatable bonds is 4. The van der Waals surface area contributed by atoms with Crippen LogP contribution in [-0.4, -0.2) is 16.7 Å². The summed E-state index contributed by atoms with van der Waals surface area (Å²) in [6.45, 7) is 2.69. The van der Waals surface area contributed by atoms with E-state index in [1.165, 1.54) is 6.33 Å². The van der Waals surface area contributed by atoms with Crippen LogP contribution in [0.5, 0.6) is 5.75 Å². The fourth-order valence-electron chi connectivity index (χ4n) is 1.26. The molecular formula is C11H11ClN2O2. The number of hydrogen-bond donors (Lipinski definition) is 0. The van der Waals surface area contributed by atoms with Crippen molar-refractivity contribution in [2.45, 2.75) is 13.3 Å². The highest BCUT2D eigenvalue weighted by atomic mass is 35.5. The highest BCUT2D eigenvalue weighted by Crippen LogP contribution is 2.29. The van der Waals surface area contributed by atoms with Gasteiger partial charge in [0, 0.05) is 5.56 Å². The molecule has 0 spiro atoms. The van der Waals surface area contributed by atoms with E-state index in [2.05, 4.69) is 10.1 Å². The van der Waals surface area contributed by atoms with Gasteiger partial charge in [0.25, 0.3) is 5.89 Å². The molecule has 0 saturated carbocycles. The Morgan fingerprint density at radius 3 is 2.94 bits per heavy atom. The molecule has 1 aromatic heterocycles. The SMILES string of the molecule is CCCOc1ccc(-c2ncno2)cc1Cl. The number of benzene rings is 1. The minimum Gasteiger partial charge on any atom is -0.492 e. The standard InChI is InChI=1S/C11H11ClN2O2/c1-2-5-15-10-4-3-8(6-9(10)12)11-13-7-14-16-11/h3-4,6-7H,2,5H2,1H3. The maximum atomic E-state index is 6.07. The lowest BCUT2D eigenvalue weighted by Gasteiger charge is -2.06. The van der Waals surface area contributed by atoms with Gasteiger partial charge in [0.1, 0.15) is 5.75 Å². The molecule has 5 heteroatoms. The minimum atomic E-state index is 0.448. The Kier molecular flexibility index (Phi) is 3.41. The van der Waals surface area contributed by atoms with Crippen LogP contribution in [0.2, 0.25) is 5.02 Å². The fourth-order valence-corrected chi connectivity index (χ4v) is 1.50. The molecule has 1 aromatic carbocycles. The van der Waals surface area contributed by atoms with E-state index in [4.69, 9.17) is 20.9 Å². The van der Waals surface area contributed by atoms with Crippen LogP contribution in [0.15, 0.2) is 29.0 Å². The van der Waals surface area contributed by atoms with Gasteiger partial charge in [-0.15, -0.1) is 0 Å². The molecule has 16 heavy (non-hydrogen) atoms. The number of ether oxygens (including phenoxy) is 1. The highest BCUT2D eigenvalue weighted by molar-refractivity contribution is 6.32. The molecule has 2 aromatic rings. The molecule has 0 radical (unpaired) electrons. The molecule has 0 saturated heterocycles. The van der Waals surface area contributed by atoms with Crippen LogP contribution in [0.1, 0.15) is 13.3 Å². The largest absolute Gasteiger partial charge is 0.492 e. The van der Waals surface area contributed by atoms with Crippen LogP contribution < -0.4 is 4.74 Å². The molecule has 0 N–H and O–H groups in total. The molecule has 2 rings (SSSR count). The first-order valence-electron chi connectivity index (χ1n) is 5.00. The number of aromatic nitrogens is 2. The molecule has 0 aliphatic rings. The quantitative estimate of drug-likeness (QED) is 0.821. The summed E-state index contributed by atoms with van der Waals surface area (Å²) >= 11 is 6.07. The second-order valence-electron chi connectivity index (χ2n) is 3.24. The van der Waals surface area contributed by atoms with Crippen LogP contribution in [0.3, 0.4) is 0 Å². The Hall–Kier alpha value is -1.55. The summed E-state index contributed by atoms with van der Waals surface area (Å²) in [5, 5.41) is 4.09. The van der Waals surface area contributed by atoms with E-state index in [1.807, 2.05) is 13.0 Å². The van der Waals surface area contributed by atoms with Gasteiger partial charge in [-0.05, 0) is 24.6 Å². The molecule has 0 unspecified atom stereocenters. The fraction of sp³-hybridized carbons (Fsp3) is 0.273. The van der Waals surface area contributed by atoms with Crippen molar-refractivity contribution in [3.8, 4) is 17.2 Å². The van der Waals surface area contributed by atoms with Crippen molar-refractivity contribution in [2.24, 2.45) is 0 Å². The Morgan fingerprint density at radius 1 is 1.44 bits per heavy atom. The smallest absolute Gasteiger partial charge is 0.257 e. The summed E-state index contributed by atoms with van der Waals surface area (Å²) in [7, 11) is 0. The van der Waals surface area contributed by atoms with E-state index in [1.54, 1.807) is 12.1 Å². The predicted molar refractivity (Wildman–Crippen MR) is 60.5 cm³/mol. The average molecular weight is 239 g/mol. The monoisotopic (exact) mass is 238 g/mol. The van der Waals surface area contributed by atoms with Crippen LogP contribution in [0.4, 0.5) is 0 Å². The van der Waals surface area contributed by atoms with Crippen molar-refractivity contribution < 1.29 is 9.26 Å². The van der Waals surface area contributed by atoms with E-state index in [0.29, 0.717) is 23.3 Å². The van der Waals surface area contributed by atoms with Gasteiger partial charge in [-0.3, -0.25) is 0 Å². The third-order valence-corrected chi connectivity index (χ3v) is 2.30. The van der Waals surface area contributed by atoms with E-state index in [0.717, 1.165) is 12.0 Å². The summed E-state index contributed by atoms with van der Waals surface area (Å²) in [6.07, 6.45) is 2.30. The maximum absolute atomic E-state index is 6.07. The lowest BCUT2D eigenvalue weighted by molar-refractivity contribution is 0.317. The lowest BCUT2D eigenvalue weighted by Crippen LogP contribution is -1.95. The van der Waals surface area contributed by atoms with Gasteiger partial charge in [0.05, 0.1) is 11.6 Å². The predicted octanol–water partition coefficient (Wildman–Crippen LogP) is 3.18. The van der Waals surface area contributed by atoms with Gasteiger partial charge in [-0.25, -0.2) is 0 Å². The molecular weight excluding hydrogens is 228 g/mol. The van der Waals surface area contributed by atoms with Crippen molar-refractivity contribution in [1.82, 2.24) is 10.1 Å². The van der Waals surface area contributed by atoms with Crippen molar-refractivity contribution >= 4 is 11.6 Å². The maximum Gasteiger partial charge on any atom is 0.257 e. The zero-order chi connectivity index (χ0) is 11.4. The second kappa shape index (κ2) is 4.99. The Bertz CT molecular complexity index is 457. The Balaban J connectivity index is 2.23. The van der Waals surface area contributed by atoms with E-state index >= 15 is 0 Å². The number of nitrogens with zero attached hydrogens (tertiary/aromatic N) is 2. The number of halogens is 1. The molecule has 0 aliphatic carbocycles. The van der Waals surface area contributed by atoms with Crippen molar-refractivity contribution in [1.29, 1.82) is 0 Å². The van der Waals surface area contributed by atoms with E-state index in [9.17, 15) is 0 Å². The molecule has 1 heterocycles. The second-order valence-corrected chi connectivity index (χ2v) is 3.65. The van der Waals surface area contributed by atoms with Crippen molar-refractivity contribution in [3.05, 3.63) is 29.5 Å². The number of hydrogen-bond acceptors (Lipinski definition) is 4. The van der Waals surface area contributed by atoms with Gasteiger partial charge in [0.2, 0.25) is 0 Å². The minimum absolute atomic E-state index is 0.448. The van der Waals surface area contributed by atoms with E-state index in [-0.39, 0.29) is 0 Å². The third kappa shape index (κ3) is 2.33. The zero-order valence-electron chi connectivity index (χ0n) is 8.81. The van der Waals surface area contributed by atoms with Crippen molar-refractivity contribution in [3.63, 3.8) is 0 Å². The first-order chi connectivity index (χ1) is 7.81. The lowest BCUT2D eigenvalue weighted by atomic mass is 10.2. The molecule has 84 valence electrons. The summed E-state index contributed by atoms with van der Waals surface area (Å²) in [5.41, 5.74) is 0.784. The van der Waals surface area contributed by atoms with Gasteiger partial charge in [0.15, 0.2) is 6.33 Å². The summed E-state index contributed by atoms with van der Waals surface area (Å²) in [6, 6.07) is 5.39. The van der Waals surface area contributed by atoms with Crippen molar-refractivity contribution in [2.75, 3.05) is 6.61 Å². The van der Waals surface area contributed by atoms with Gasteiger partial charge >= 0.3 is 0 Å². The Labute approximate surface area is 98.2 Å². The molecule has 0 aliphatic heterocycles. The normalized spacial score (nSPS) is 10.4. The summed E-state index contributed by atoms with van der Waals surface area (Å²) < 4.78 is 10.4. The van der Waals surface area contributed by atoms with Gasteiger partial charge < -0.3 is 9.26 Å². The molecule has 0 bridgehead atoms. The van der Waals surface area contributed by atoms with Crippen LogP contribution in [0, 0.1) is 0 Å². The van der Waals surface area contributed by atoms with Gasteiger partial charge in [-0.1, -0.05) is 23.7 Å². The first kappa shape index (κ1) is 11.0. The summed E-state index contributed by atoms with van der Waals surface area (Å²) in [5.74, 6) is 1.12. The summed E-state index contributed by atoms with van der Waals surface area (Å²) in [4.78, 5) is 3.94. The first-order valence-corrected chi connectivity index (χ1v) is 5.38. The topological polar surface area (TPSA) is 48.2 Å². The van der Waals surface area contributed by atoms with Crippen LogP contribution >= 0.6 is 11.6 Å².